The van der Waals surface area contributed by atoms with Crippen LogP contribution in [-0.2, 0) is 4.79 Å². The van der Waals surface area contributed by atoms with Crippen LogP contribution in [0.3, 0.4) is 0 Å². The number of nitrogens with one attached hydrogen (secondary N) is 1. The molecule has 1 saturated heterocycles. The summed E-state index contributed by atoms with van der Waals surface area (Å²) in [6, 6.07) is 7.18. The van der Waals surface area contributed by atoms with Crippen LogP contribution < -0.4 is 11.1 Å². The third kappa shape index (κ3) is 5.00. The summed E-state index contributed by atoms with van der Waals surface area (Å²) in [5, 5.41) is 2.83. The summed E-state index contributed by atoms with van der Waals surface area (Å²) in [5.74, 6) is -0.107. The number of carbonyl (C=O) groups excluding carboxylic acids is 2. The quantitative estimate of drug-likeness (QED) is 0.873. The molecule has 0 bridgehead atoms. The van der Waals surface area contributed by atoms with Crippen molar-refractivity contribution in [3.8, 4) is 0 Å². The van der Waals surface area contributed by atoms with Crippen molar-refractivity contribution in [1.29, 1.82) is 0 Å². The van der Waals surface area contributed by atoms with E-state index in [9.17, 15) is 9.59 Å². The molecular formula is C16H24ClN3O2. The Labute approximate surface area is 137 Å². The molecule has 1 aliphatic rings. The van der Waals surface area contributed by atoms with Gasteiger partial charge in [0.05, 0.1) is 11.3 Å². The fourth-order valence-electron chi connectivity index (χ4n) is 2.44. The summed E-state index contributed by atoms with van der Waals surface area (Å²) in [4.78, 5) is 26.2. The third-order valence-corrected chi connectivity index (χ3v) is 3.65. The van der Waals surface area contributed by atoms with E-state index in [1.165, 1.54) is 0 Å². The molecule has 1 aromatic carbocycles. The second-order valence-corrected chi connectivity index (χ2v) is 5.61. The van der Waals surface area contributed by atoms with Crippen LogP contribution in [0, 0.1) is 0 Å². The molecule has 3 N–H and O–H groups in total. The number of benzene rings is 1. The van der Waals surface area contributed by atoms with E-state index in [1.807, 2.05) is 24.0 Å². The molecule has 6 heteroatoms. The Morgan fingerprint density at radius 1 is 1.27 bits per heavy atom. The zero-order valence-electron chi connectivity index (χ0n) is 12.9. The number of likely N-dealkylation sites (tertiary alicyclic amines) is 1. The molecule has 0 saturated carbocycles. The van der Waals surface area contributed by atoms with E-state index in [-0.39, 0.29) is 30.3 Å². The van der Waals surface area contributed by atoms with Crippen LogP contribution in [0.2, 0.25) is 0 Å². The van der Waals surface area contributed by atoms with E-state index in [0.29, 0.717) is 24.1 Å². The van der Waals surface area contributed by atoms with Gasteiger partial charge in [-0.25, -0.2) is 0 Å². The molecule has 0 spiro atoms. The van der Waals surface area contributed by atoms with Gasteiger partial charge in [0.2, 0.25) is 5.91 Å². The highest BCUT2D eigenvalue weighted by Gasteiger charge is 2.22. The Bertz CT molecular complexity index is 514. The molecule has 1 unspecified atom stereocenters. The minimum Gasteiger partial charge on any atom is -0.339 e. The molecule has 2 amide bonds. The molecule has 0 aliphatic carbocycles. The van der Waals surface area contributed by atoms with Crippen molar-refractivity contribution in [2.45, 2.75) is 38.6 Å². The standard InChI is InChI=1S/C16H23N3O2.ClH/c1-12(17)8-9-15(20)18-14-7-3-2-6-13(14)16(21)19-10-4-5-11-19;/h2-3,6-7,12H,4-5,8-11,17H2,1H3,(H,18,20);1H. The smallest absolute Gasteiger partial charge is 0.255 e. The van der Waals surface area contributed by atoms with Crippen molar-refractivity contribution >= 4 is 29.9 Å². The van der Waals surface area contributed by atoms with Gasteiger partial charge in [0.1, 0.15) is 0 Å². The molecule has 5 nitrogen and oxygen atoms in total. The van der Waals surface area contributed by atoms with Crippen molar-refractivity contribution in [2.24, 2.45) is 5.73 Å². The number of hydrogen-bond donors (Lipinski definition) is 2. The predicted octanol–water partition coefficient (Wildman–Crippen LogP) is 2.41. The largest absolute Gasteiger partial charge is 0.339 e. The summed E-state index contributed by atoms with van der Waals surface area (Å²) >= 11 is 0. The van der Waals surface area contributed by atoms with Crippen LogP contribution in [0.1, 0.15) is 43.0 Å². The highest BCUT2D eigenvalue weighted by Crippen LogP contribution is 2.20. The molecule has 22 heavy (non-hydrogen) atoms. The average Bonchev–Trinajstić information content (AvgIpc) is 2.99. The Hall–Kier alpha value is -1.59. The Morgan fingerprint density at radius 2 is 1.91 bits per heavy atom. The first-order chi connectivity index (χ1) is 10.1. The topological polar surface area (TPSA) is 75.4 Å². The van der Waals surface area contributed by atoms with Gasteiger partial charge < -0.3 is 16.0 Å². The summed E-state index contributed by atoms with van der Waals surface area (Å²) in [7, 11) is 0. The van der Waals surface area contributed by atoms with E-state index < -0.39 is 0 Å². The minimum atomic E-state index is -0.103. The number of para-hydroxylation sites is 1. The maximum Gasteiger partial charge on any atom is 0.255 e. The van der Waals surface area contributed by atoms with Crippen molar-refractivity contribution in [1.82, 2.24) is 4.90 Å². The Kier molecular flexibility index (Phi) is 7.35. The lowest BCUT2D eigenvalue weighted by molar-refractivity contribution is -0.116. The SMILES string of the molecule is CC(N)CCC(=O)Nc1ccccc1C(=O)N1CCCC1.Cl. The van der Waals surface area contributed by atoms with Crippen molar-refractivity contribution in [3.63, 3.8) is 0 Å². The molecule has 1 atom stereocenters. The number of halogens is 1. The number of nitrogens with zero attached hydrogens (tertiary/aromatic N) is 1. The molecule has 1 heterocycles. The third-order valence-electron chi connectivity index (χ3n) is 3.65. The molecule has 1 aliphatic heterocycles. The van der Waals surface area contributed by atoms with Gasteiger partial charge in [0, 0.05) is 25.6 Å². The molecule has 1 fully saturated rings. The first-order valence-electron chi connectivity index (χ1n) is 7.51. The van der Waals surface area contributed by atoms with E-state index in [0.717, 1.165) is 25.9 Å². The highest BCUT2D eigenvalue weighted by molar-refractivity contribution is 6.03. The first kappa shape index (κ1) is 18.5. The number of amides is 2. The van der Waals surface area contributed by atoms with Gasteiger partial charge in [0.15, 0.2) is 0 Å². The first-order valence-corrected chi connectivity index (χ1v) is 7.51. The average molecular weight is 326 g/mol. The monoisotopic (exact) mass is 325 g/mol. The molecular weight excluding hydrogens is 302 g/mol. The molecule has 1 aromatic rings. The Morgan fingerprint density at radius 3 is 2.55 bits per heavy atom. The number of rotatable bonds is 5. The van der Waals surface area contributed by atoms with E-state index in [4.69, 9.17) is 5.73 Å². The Balaban J connectivity index is 0.00000242. The maximum atomic E-state index is 12.5. The predicted molar refractivity (Wildman–Crippen MR) is 90.3 cm³/mol. The fourth-order valence-corrected chi connectivity index (χ4v) is 2.44. The lowest BCUT2D eigenvalue weighted by Crippen LogP contribution is -2.29. The van der Waals surface area contributed by atoms with Crippen LogP contribution in [0.5, 0.6) is 0 Å². The van der Waals surface area contributed by atoms with Crippen molar-refractivity contribution in [3.05, 3.63) is 29.8 Å². The summed E-state index contributed by atoms with van der Waals surface area (Å²) in [5.41, 5.74) is 6.80. The number of anilines is 1. The van der Waals surface area contributed by atoms with Gasteiger partial charge in [-0.1, -0.05) is 12.1 Å². The highest BCUT2D eigenvalue weighted by atomic mass is 35.5. The van der Waals surface area contributed by atoms with Gasteiger partial charge in [-0.05, 0) is 38.3 Å². The van der Waals surface area contributed by atoms with E-state index >= 15 is 0 Å². The van der Waals surface area contributed by atoms with Crippen LogP contribution in [0.25, 0.3) is 0 Å². The van der Waals surface area contributed by atoms with Gasteiger partial charge in [-0.3, -0.25) is 9.59 Å². The van der Waals surface area contributed by atoms with Crippen molar-refractivity contribution < 1.29 is 9.59 Å². The lowest BCUT2D eigenvalue weighted by atomic mass is 10.1. The van der Waals surface area contributed by atoms with E-state index in [2.05, 4.69) is 5.32 Å². The summed E-state index contributed by atoms with van der Waals surface area (Å²) in [6.45, 7) is 3.47. The van der Waals surface area contributed by atoms with Crippen LogP contribution in [-0.4, -0.2) is 35.8 Å². The lowest BCUT2D eigenvalue weighted by Gasteiger charge is -2.18. The van der Waals surface area contributed by atoms with Gasteiger partial charge >= 0.3 is 0 Å². The molecule has 0 radical (unpaired) electrons. The second-order valence-electron chi connectivity index (χ2n) is 5.61. The number of carbonyl (C=O) groups is 2. The van der Waals surface area contributed by atoms with Gasteiger partial charge in [0.25, 0.3) is 5.91 Å². The zero-order valence-corrected chi connectivity index (χ0v) is 13.7. The van der Waals surface area contributed by atoms with Crippen LogP contribution in [0.4, 0.5) is 5.69 Å². The fraction of sp³-hybridized carbons (Fsp3) is 0.500. The molecule has 122 valence electrons. The maximum absolute atomic E-state index is 12.5. The number of nitrogens with two attached hydrogens (primary N) is 1. The number of hydrogen-bond acceptors (Lipinski definition) is 3. The van der Waals surface area contributed by atoms with Crippen LogP contribution in [0.15, 0.2) is 24.3 Å². The summed E-state index contributed by atoms with van der Waals surface area (Å²) < 4.78 is 0. The summed E-state index contributed by atoms with van der Waals surface area (Å²) in [6.07, 6.45) is 3.10. The molecule has 0 aromatic heterocycles. The second kappa shape index (κ2) is 8.76. The molecule has 2 rings (SSSR count). The normalized spacial score (nSPS) is 15.1. The van der Waals surface area contributed by atoms with E-state index in [1.54, 1.807) is 12.1 Å². The van der Waals surface area contributed by atoms with Gasteiger partial charge in [-0.2, -0.15) is 0 Å². The minimum absolute atomic E-state index is 0. The van der Waals surface area contributed by atoms with Crippen LogP contribution >= 0.6 is 12.4 Å². The van der Waals surface area contributed by atoms with Crippen molar-refractivity contribution in [2.75, 3.05) is 18.4 Å². The van der Waals surface area contributed by atoms with Gasteiger partial charge in [-0.15, -0.1) is 12.4 Å². The zero-order chi connectivity index (χ0) is 15.2.